The van der Waals surface area contributed by atoms with Gasteiger partial charge in [-0.15, -0.1) is 0 Å². The van der Waals surface area contributed by atoms with Gasteiger partial charge in [0.1, 0.15) is 11.8 Å². The van der Waals surface area contributed by atoms with Crippen molar-refractivity contribution in [1.29, 1.82) is 0 Å². The van der Waals surface area contributed by atoms with Crippen LogP contribution in [0.2, 0.25) is 0 Å². The molecule has 0 radical (unpaired) electrons. The minimum absolute atomic E-state index is 0.00628. The van der Waals surface area contributed by atoms with Crippen molar-refractivity contribution >= 4 is 28.3 Å². The second-order valence-corrected chi connectivity index (χ2v) is 8.04. The Balaban J connectivity index is 1.74. The van der Waals surface area contributed by atoms with Crippen molar-refractivity contribution in [2.75, 3.05) is 19.5 Å². The van der Waals surface area contributed by atoms with Gasteiger partial charge in [-0.3, -0.25) is 19.6 Å². The average molecular weight is 476 g/mol. The van der Waals surface area contributed by atoms with Crippen LogP contribution in [-0.4, -0.2) is 51.0 Å². The third-order valence-electron chi connectivity index (χ3n) is 5.70. The number of carbonyl (C=O) groups is 2. The number of rotatable bonds is 10. The maximum Gasteiger partial charge on any atom is 0.303 e. The van der Waals surface area contributed by atoms with E-state index in [1.54, 1.807) is 24.7 Å². The summed E-state index contributed by atoms with van der Waals surface area (Å²) in [5.41, 5.74) is 3.00. The molecular weight excluding hydrogens is 450 g/mol. The van der Waals surface area contributed by atoms with E-state index in [2.05, 4.69) is 25.3 Å². The molecule has 3 N–H and O–H groups in total. The highest BCUT2D eigenvalue weighted by molar-refractivity contribution is 6.11. The summed E-state index contributed by atoms with van der Waals surface area (Å²) in [6.45, 7) is 1.84. The molecule has 0 fully saturated rings. The van der Waals surface area contributed by atoms with Crippen molar-refractivity contribution < 1.29 is 24.2 Å². The first-order chi connectivity index (χ1) is 16.9. The molecule has 10 nitrogen and oxygen atoms in total. The van der Waals surface area contributed by atoms with Gasteiger partial charge in [0.2, 0.25) is 5.88 Å². The van der Waals surface area contributed by atoms with Crippen molar-refractivity contribution in [2.24, 2.45) is 0 Å². The molecule has 0 aliphatic carbocycles. The second-order valence-electron chi connectivity index (χ2n) is 8.04. The van der Waals surface area contributed by atoms with Crippen molar-refractivity contribution in [3.63, 3.8) is 0 Å². The summed E-state index contributed by atoms with van der Waals surface area (Å²) in [4.78, 5) is 40.9. The first kappa shape index (κ1) is 23.7. The summed E-state index contributed by atoms with van der Waals surface area (Å²) < 4.78 is 10.3. The van der Waals surface area contributed by atoms with Crippen LogP contribution in [0.3, 0.4) is 0 Å². The van der Waals surface area contributed by atoms with Crippen LogP contribution >= 0.6 is 0 Å². The van der Waals surface area contributed by atoms with E-state index >= 15 is 0 Å². The largest absolute Gasteiger partial charge is 0.495 e. The van der Waals surface area contributed by atoms with E-state index < -0.39 is 12.0 Å². The SMILES string of the molecule is COc1cncc(NC(C(=O)c2c[nH]c3ccc(C(C)CC(=O)O)cc23)c2cnc(OC)cn2)c1. The van der Waals surface area contributed by atoms with Crippen LogP contribution in [0.25, 0.3) is 10.9 Å². The van der Waals surface area contributed by atoms with Crippen LogP contribution in [-0.2, 0) is 4.79 Å². The third kappa shape index (κ3) is 5.21. The quantitative estimate of drug-likeness (QED) is 0.291. The molecule has 0 saturated heterocycles. The van der Waals surface area contributed by atoms with Gasteiger partial charge in [0, 0.05) is 28.7 Å². The fraction of sp³-hybridized carbons (Fsp3) is 0.240. The highest BCUT2D eigenvalue weighted by Crippen LogP contribution is 2.30. The number of aromatic nitrogens is 4. The number of anilines is 1. The average Bonchev–Trinajstić information content (AvgIpc) is 3.30. The van der Waals surface area contributed by atoms with Crippen molar-refractivity contribution in [2.45, 2.75) is 25.3 Å². The third-order valence-corrected chi connectivity index (χ3v) is 5.70. The van der Waals surface area contributed by atoms with E-state index in [-0.39, 0.29) is 18.1 Å². The number of methoxy groups -OCH3 is 2. The molecule has 4 aromatic rings. The standard InChI is InChI=1S/C25H25N5O5/c1-14(6-23(31)32)15-4-5-20-18(7-15)19(11-27-20)25(33)24(21-12-29-22(35-3)13-28-21)30-16-8-17(34-2)10-26-9-16/h4-5,7-14,24,27,30H,6H2,1-3H3,(H,31,32). The van der Waals surface area contributed by atoms with E-state index in [0.717, 1.165) is 11.1 Å². The fourth-order valence-corrected chi connectivity index (χ4v) is 3.81. The summed E-state index contributed by atoms with van der Waals surface area (Å²) in [6.07, 6.45) is 7.72. The molecule has 0 aliphatic rings. The molecule has 3 heterocycles. The van der Waals surface area contributed by atoms with Crippen molar-refractivity contribution in [1.82, 2.24) is 19.9 Å². The summed E-state index contributed by atoms with van der Waals surface area (Å²) in [5.74, 6) is -0.476. The number of benzene rings is 1. The minimum Gasteiger partial charge on any atom is -0.495 e. The van der Waals surface area contributed by atoms with Crippen LogP contribution in [0.4, 0.5) is 5.69 Å². The lowest BCUT2D eigenvalue weighted by molar-refractivity contribution is -0.137. The van der Waals surface area contributed by atoms with Crippen LogP contribution in [0.5, 0.6) is 11.6 Å². The molecule has 10 heteroatoms. The molecule has 0 aliphatic heterocycles. The summed E-state index contributed by atoms with van der Waals surface area (Å²) in [6, 6.07) is 6.41. The fourth-order valence-electron chi connectivity index (χ4n) is 3.81. The molecule has 1 aromatic carbocycles. The number of fused-ring (bicyclic) bond motifs is 1. The molecule has 2 unspecified atom stereocenters. The maximum atomic E-state index is 13.9. The maximum absolute atomic E-state index is 13.9. The predicted molar refractivity (Wildman–Crippen MR) is 129 cm³/mol. The first-order valence-electron chi connectivity index (χ1n) is 10.9. The van der Waals surface area contributed by atoms with E-state index in [9.17, 15) is 14.7 Å². The lowest BCUT2D eigenvalue weighted by Gasteiger charge is -2.18. The van der Waals surface area contributed by atoms with Gasteiger partial charge in [-0.2, -0.15) is 0 Å². The topological polar surface area (TPSA) is 139 Å². The molecular formula is C25H25N5O5. The number of nitrogens with zero attached hydrogens (tertiary/aromatic N) is 3. The molecule has 0 spiro atoms. The number of H-pyrrole nitrogens is 1. The zero-order valence-corrected chi connectivity index (χ0v) is 19.5. The molecule has 0 saturated carbocycles. The van der Waals surface area contributed by atoms with Gasteiger partial charge >= 0.3 is 5.97 Å². The molecule has 3 aromatic heterocycles. The number of hydrogen-bond acceptors (Lipinski definition) is 8. The van der Waals surface area contributed by atoms with Crippen LogP contribution < -0.4 is 14.8 Å². The van der Waals surface area contributed by atoms with Crippen LogP contribution in [0, 0.1) is 0 Å². The van der Waals surface area contributed by atoms with Gasteiger partial charge in [-0.25, -0.2) is 4.98 Å². The number of Topliss-reactive ketones (excluding diaryl/α,β-unsaturated/α-hetero) is 1. The van der Waals surface area contributed by atoms with Gasteiger partial charge in [0.05, 0.1) is 56.8 Å². The monoisotopic (exact) mass is 475 g/mol. The van der Waals surface area contributed by atoms with Crippen molar-refractivity contribution in [3.8, 4) is 11.6 Å². The Morgan fingerprint density at radius 3 is 2.60 bits per heavy atom. The number of nitrogens with one attached hydrogen (secondary N) is 2. The van der Waals surface area contributed by atoms with Crippen molar-refractivity contribution in [3.05, 3.63) is 72.1 Å². The highest BCUT2D eigenvalue weighted by atomic mass is 16.5. The smallest absolute Gasteiger partial charge is 0.303 e. The van der Waals surface area contributed by atoms with E-state index in [1.807, 2.05) is 25.1 Å². The Kier molecular flexibility index (Phi) is 6.91. The first-order valence-corrected chi connectivity index (χ1v) is 10.9. The molecule has 35 heavy (non-hydrogen) atoms. The number of pyridine rings is 1. The number of hydrogen-bond donors (Lipinski definition) is 3. The zero-order valence-electron chi connectivity index (χ0n) is 19.5. The van der Waals surface area contributed by atoms with E-state index in [4.69, 9.17) is 9.47 Å². The highest BCUT2D eigenvalue weighted by Gasteiger charge is 2.27. The molecule has 4 rings (SSSR count). The summed E-state index contributed by atoms with van der Waals surface area (Å²) in [5, 5.41) is 13.1. The second kappa shape index (κ2) is 10.2. The summed E-state index contributed by atoms with van der Waals surface area (Å²) in [7, 11) is 3.02. The molecule has 0 amide bonds. The lowest BCUT2D eigenvalue weighted by atomic mass is 9.94. The zero-order chi connectivity index (χ0) is 24.9. The Hall–Kier alpha value is -4.47. The molecule has 0 bridgehead atoms. The van der Waals surface area contributed by atoms with Gasteiger partial charge in [0.15, 0.2) is 5.78 Å². The Bertz CT molecular complexity index is 1350. The van der Waals surface area contributed by atoms with Gasteiger partial charge in [0.25, 0.3) is 0 Å². The van der Waals surface area contributed by atoms with Gasteiger partial charge in [-0.1, -0.05) is 13.0 Å². The minimum atomic E-state index is -0.888. The Morgan fingerprint density at radius 1 is 1.09 bits per heavy atom. The Labute approximate surface area is 201 Å². The number of aromatic amines is 1. The van der Waals surface area contributed by atoms with Gasteiger partial charge < -0.3 is 24.9 Å². The molecule has 180 valence electrons. The van der Waals surface area contributed by atoms with Crippen LogP contribution in [0.15, 0.2) is 55.2 Å². The Morgan fingerprint density at radius 2 is 1.91 bits per heavy atom. The number of carboxylic acids is 1. The van der Waals surface area contributed by atoms with E-state index in [0.29, 0.717) is 34.0 Å². The molecule has 2 atom stereocenters. The van der Waals surface area contributed by atoms with E-state index in [1.165, 1.54) is 26.6 Å². The summed E-state index contributed by atoms with van der Waals surface area (Å²) >= 11 is 0. The number of ether oxygens (including phenoxy) is 2. The number of carbonyl (C=O) groups excluding carboxylic acids is 1. The number of carboxylic acid groups (broad SMARTS) is 1. The number of ketones is 1. The number of aliphatic carboxylic acids is 1. The lowest BCUT2D eigenvalue weighted by Crippen LogP contribution is -2.22. The van der Waals surface area contributed by atoms with Gasteiger partial charge in [-0.05, 0) is 23.6 Å². The van der Waals surface area contributed by atoms with Crippen LogP contribution in [0.1, 0.15) is 46.9 Å². The predicted octanol–water partition coefficient (Wildman–Crippen LogP) is 3.98. The normalized spacial score (nSPS) is 12.7.